The van der Waals surface area contributed by atoms with Crippen molar-refractivity contribution in [2.45, 2.75) is 65.6 Å². The molecule has 0 heterocycles. The van der Waals surface area contributed by atoms with E-state index in [9.17, 15) is 0 Å². The van der Waals surface area contributed by atoms with E-state index in [4.69, 9.17) is 0 Å². The van der Waals surface area contributed by atoms with Gasteiger partial charge >= 0.3 is 0 Å². The molecule has 0 rings (SSSR count). The minimum Gasteiger partial charge on any atom is -0.0885 e. The summed E-state index contributed by atoms with van der Waals surface area (Å²) in [5, 5.41) is 0. The van der Waals surface area contributed by atoms with Crippen LogP contribution >= 0.6 is 15.9 Å². The molecule has 13 heavy (non-hydrogen) atoms. The zero-order valence-electron chi connectivity index (χ0n) is 10.1. The SMILES string of the molecule is CCC(C)(C)CC(Br)C(C)(C)CC. The quantitative estimate of drug-likeness (QED) is 0.600. The molecule has 1 heteroatoms. The van der Waals surface area contributed by atoms with Gasteiger partial charge in [-0.15, -0.1) is 0 Å². The standard InChI is InChI=1S/C12H25Br/c1-7-11(3,4)9-10(13)12(5,6)8-2/h10H,7-9H2,1-6H3. The summed E-state index contributed by atoms with van der Waals surface area (Å²) in [6.07, 6.45) is 3.77. The highest BCUT2D eigenvalue weighted by Gasteiger charge is 2.30. The summed E-state index contributed by atoms with van der Waals surface area (Å²) in [5.74, 6) is 0. The van der Waals surface area contributed by atoms with E-state index in [2.05, 4.69) is 57.5 Å². The van der Waals surface area contributed by atoms with Crippen molar-refractivity contribution in [1.29, 1.82) is 0 Å². The van der Waals surface area contributed by atoms with Crippen LogP contribution in [0.15, 0.2) is 0 Å². The summed E-state index contributed by atoms with van der Waals surface area (Å²) >= 11 is 3.84. The molecule has 0 aromatic heterocycles. The Morgan fingerprint density at radius 3 is 1.77 bits per heavy atom. The van der Waals surface area contributed by atoms with E-state index < -0.39 is 0 Å². The molecular formula is C12H25Br. The van der Waals surface area contributed by atoms with Crippen molar-refractivity contribution in [2.24, 2.45) is 10.8 Å². The molecule has 0 saturated heterocycles. The molecule has 0 aliphatic heterocycles. The Hall–Kier alpha value is 0.480. The number of rotatable bonds is 5. The van der Waals surface area contributed by atoms with E-state index in [1.165, 1.54) is 19.3 Å². The van der Waals surface area contributed by atoms with Crippen LogP contribution in [0.1, 0.15) is 60.8 Å². The van der Waals surface area contributed by atoms with Gasteiger partial charge in [-0.05, 0) is 23.7 Å². The Morgan fingerprint density at radius 1 is 1.00 bits per heavy atom. The number of alkyl halides is 1. The summed E-state index contributed by atoms with van der Waals surface area (Å²) in [5.41, 5.74) is 0.896. The van der Waals surface area contributed by atoms with E-state index >= 15 is 0 Å². The van der Waals surface area contributed by atoms with Crippen LogP contribution in [0.3, 0.4) is 0 Å². The van der Waals surface area contributed by atoms with E-state index in [-0.39, 0.29) is 0 Å². The molecule has 0 aromatic carbocycles. The first-order valence-corrected chi connectivity index (χ1v) is 6.31. The molecular weight excluding hydrogens is 224 g/mol. The largest absolute Gasteiger partial charge is 0.0885 e. The van der Waals surface area contributed by atoms with Crippen LogP contribution in [0.5, 0.6) is 0 Å². The zero-order chi connectivity index (χ0) is 10.7. The molecule has 0 fully saturated rings. The number of hydrogen-bond acceptors (Lipinski definition) is 0. The van der Waals surface area contributed by atoms with E-state index in [0.717, 1.165) is 0 Å². The predicted molar refractivity (Wildman–Crippen MR) is 65.5 cm³/mol. The first-order valence-electron chi connectivity index (χ1n) is 5.39. The lowest BCUT2D eigenvalue weighted by atomic mass is 9.76. The number of halogens is 1. The van der Waals surface area contributed by atoms with Crippen molar-refractivity contribution in [3.8, 4) is 0 Å². The molecule has 0 saturated carbocycles. The van der Waals surface area contributed by atoms with Crippen molar-refractivity contribution >= 4 is 15.9 Å². The lowest BCUT2D eigenvalue weighted by Crippen LogP contribution is -2.28. The van der Waals surface area contributed by atoms with Crippen molar-refractivity contribution in [3.05, 3.63) is 0 Å². The fourth-order valence-electron chi connectivity index (χ4n) is 1.13. The average molecular weight is 249 g/mol. The minimum absolute atomic E-state index is 0.423. The van der Waals surface area contributed by atoms with Crippen LogP contribution in [0.4, 0.5) is 0 Å². The van der Waals surface area contributed by atoms with E-state index in [1.54, 1.807) is 0 Å². The van der Waals surface area contributed by atoms with Gasteiger partial charge in [0.15, 0.2) is 0 Å². The minimum atomic E-state index is 0.423. The summed E-state index contributed by atoms with van der Waals surface area (Å²) < 4.78 is 0. The first-order chi connectivity index (χ1) is 5.75. The molecule has 0 radical (unpaired) electrons. The van der Waals surface area contributed by atoms with Gasteiger partial charge in [-0.1, -0.05) is 63.9 Å². The second-order valence-electron chi connectivity index (χ2n) is 5.53. The van der Waals surface area contributed by atoms with Crippen molar-refractivity contribution < 1.29 is 0 Å². The Kier molecular flexibility index (Phi) is 4.99. The molecule has 1 unspecified atom stereocenters. The zero-order valence-corrected chi connectivity index (χ0v) is 11.7. The lowest BCUT2D eigenvalue weighted by molar-refractivity contribution is 0.242. The highest BCUT2D eigenvalue weighted by molar-refractivity contribution is 9.09. The summed E-state index contributed by atoms with van der Waals surface area (Å²) in [6.45, 7) is 13.9. The van der Waals surface area contributed by atoms with Crippen LogP contribution in [-0.2, 0) is 0 Å². The Labute approximate surface area is 92.6 Å². The topological polar surface area (TPSA) is 0 Å². The molecule has 0 aliphatic carbocycles. The molecule has 0 N–H and O–H groups in total. The molecule has 0 nitrogen and oxygen atoms in total. The van der Waals surface area contributed by atoms with Gasteiger partial charge in [0.2, 0.25) is 0 Å². The summed E-state index contributed by atoms with van der Waals surface area (Å²) in [4.78, 5) is 0.639. The fraction of sp³-hybridized carbons (Fsp3) is 1.00. The van der Waals surface area contributed by atoms with E-state index in [1.807, 2.05) is 0 Å². The molecule has 0 amide bonds. The Balaban J connectivity index is 4.22. The highest BCUT2D eigenvalue weighted by atomic mass is 79.9. The van der Waals surface area contributed by atoms with Gasteiger partial charge in [0.1, 0.15) is 0 Å². The lowest BCUT2D eigenvalue weighted by Gasteiger charge is -2.35. The second-order valence-corrected chi connectivity index (χ2v) is 6.64. The maximum atomic E-state index is 3.84. The maximum absolute atomic E-state index is 3.84. The Bertz CT molecular complexity index is 147. The van der Waals surface area contributed by atoms with Gasteiger partial charge < -0.3 is 0 Å². The maximum Gasteiger partial charge on any atom is 0.0201 e. The third-order valence-electron chi connectivity index (χ3n) is 3.45. The predicted octanol–water partition coefficient (Wildman–Crippen LogP) is 5.01. The van der Waals surface area contributed by atoms with Gasteiger partial charge in [0, 0.05) is 4.83 Å². The molecule has 0 aliphatic rings. The molecule has 0 aromatic rings. The van der Waals surface area contributed by atoms with Crippen molar-refractivity contribution in [3.63, 3.8) is 0 Å². The smallest absolute Gasteiger partial charge is 0.0201 e. The van der Waals surface area contributed by atoms with Crippen LogP contribution in [0.25, 0.3) is 0 Å². The van der Waals surface area contributed by atoms with Crippen LogP contribution in [-0.4, -0.2) is 4.83 Å². The molecule has 80 valence electrons. The Morgan fingerprint density at radius 2 is 1.46 bits per heavy atom. The molecule has 1 atom stereocenters. The van der Waals surface area contributed by atoms with Crippen LogP contribution in [0, 0.1) is 10.8 Å². The van der Waals surface area contributed by atoms with Gasteiger partial charge in [-0.2, -0.15) is 0 Å². The third-order valence-corrected chi connectivity index (χ3v) is 5.01. The summed E-state index contributed by atoms with van der Waals surface area (Å²) in [7, 11) is 0. The highest BCUT2D eigenvalue weighted by Crippen LogP contribution is 2.39. The van der Waals surface area contributed by atoms with Crippen molar-refractivity contribution in [1.82, 2.24) is 0 Å². The van der Waals surface area contributed by atoms with E-state index in [0.29, 0.717) is 15.7 Å². The second kappa shape index (κ2) is 4.82. The number of hydrogen-bond donors (Lipinski definition) is 0. The average Bonchev–Trinajstić information content (AvgIpc) is 2.04. The first kappa shape index (κ1) is 13.5. The third kappa shape index (κ3) is 4.49. The fourth-order valence-corrected chi connectivity index (χ4v) is 2.33. The van der Waals surface area contributed by atoms with Gasteiger partial charge in [-0.3, -0.25) is 0 Å². The van der Waals surface area contributed by atoms with Crippen LogP contribution in [0.2, 0.25) is 0 Å². The summed E-state index contributed by atoms with van der Waals surface area (Å²) in [6, 6.07) is 0. The van der Waals surface area contributed by atoms with Gasteiger partial charge in [-0.25, -0.2) is 0 Å². The molecule has 0 bridgehead atoms. The van der Waals surface area contributed by atoms with Gasteiger partial charge in [0.25, 0.3) is 0 Å². The van der Waals surface area contributed by atoms with Crippen molar-refractivity contribution in [2.75, 3.05) is 0 Å². The monoisotopic (exact) mass is 248 g/mol. The van der Waals surface area contributed by atoms with Crippen LogP contribution < -0.4 is 0 Å². The molecule has 0 spiro atoms. The normalized spacial score (nSPS) is 15.9. The van der Waals surface area contributed by atoms with Gasteiger partial charge in [0.05, 0.1) is 0 Å².